The van der Waals surface area contributed by atoms with Crippen LogP contribution in [0.5, 0.6) is 0 Å². The Morgan fingerprint density at radius 1 is 1.28 bits per heavy atom. The largest absolute Gasteiger partial charge is 0.623 e. The fourth-order valence-corrected chi connectivity index (χ4v) is 3.49. The highest BCUT2D eigenvalue weighted by molar-refractivity contribution is 14.1. The van der Waals surface area contributed by atoms with Crippen molar-refractivity contribution in [2.24, 2.45) is 0 Å². The van der Waals surface area contributed by atoms with Gasteiger partial charge in [0.15, 0.2) is 6.21 Å². The van der Waals surface area contributed by atoms with Gasteiger partial charge in [0, 0.05) is 31.8 Å². The number of aromatic nitrogens is 1. The highest BCUT2D eigenvalue weighted by Crippen LogP contribution is 2.27. The van der Waals surface area contributed by atoms with Crippen molar-refractivity contribution in [2.45, 2.75) is 32.4 Å². The molecule has 0 aliphatic heterocycles. The molecule has 6 nitrogen and oxygen atoms in total. The van der Waals surface area contributed by atoms with Gasteiger partial charge >= 0.3 is 6.09 Å². The number of alkyl carbamates (subject to hydrolysis) is 1. The summed E-state index contributed by atoms with van der Waals surface area (Å²) in [7, 11) is 0. The molecule has 0 bridgehead atoms. The summed E-state index contributed by atoms with van der Waals surface area (Å²) in [5.41, 5.74) is 1.95. The Labute approximate surface area is 183 Å². The molecule has 0 aliphatic carbocycles. The molecule has 7 heteroatoms. The number of amides is 1. The van der Waals surface area contributed by atoms with Gasteiger partial charge in [0.1, 0.15) is 5.60 Å². The van der Waals surface area contributed by atoms with E-state index in [2.05, 4.69) is 32.9 Å². The van der Waals surface area contributed by atoms with Gasteiger partial charge in [-0.2, -0.15) is 0 Å². The smallest absolute Gasteiger partial charge is 0.407 e. The normalized spacial score (nSPS) is 13.3. The van der Waals surface area contributed by atoms with Gasteiger partial charge in [0.25, 0.3) is 0 Å². The van der Waals surface area contributed by atoms with Crippen LogP contribution in [0.4, 0.5) is 4.79 Å². The Morgan fingerprint density at radius 2 is 2.00 bits per heavy atom. The van der Waals surface area contributed by atoms with Crippen LogP contribution in [0, 0.1) is 8.78 Å². The minimum absolute atomic E-state index is 0.112. The van der Waals surface area contributed by atoms with Crippen LogP contribution >= 0.6 is 22.6 Å². The van der Waals surface area contributed by atoms with E-state index in [0.29, 0.717) is 0 Å². The number of nitrogens with one attached hydrogen (secondary N) is 2. The number of benzene rings is 2. The summed E-state index contributed by atoms with van der Waals surface area (Å²) < 4.78 is 7.30. The van der Waals surface area contributed by atoms with Gasteiger partial charge in [-0.15, -0.1) is 0 Å². The molecular weight excluding hydrogens is 481 g/mol. The van der Waals surface area contributed by atoms with E-state index in [1.807, 2.05) is 54.7 Å². The average Bonchev–Trinajstić information content (AvgIpc) is 3.04. The molecule has 2 N–H and O–H groups in total. The summed E-state index contributed by atoms with van der Waals surface area (Å²) in [6.45, 7) is 5.51. The van der Waals surface area contributed by atoms with Gasteiger partial charge in [-0.1, -0.05) is 24.3 Å². The quantitative estimate of drug-likeness (QED) is 0.169. The van der Waals surface area contributed by atoms with Crippen molar-refractivity contribution in [2.75, 3.05) is 6.54 Å². The van der Waals surface area contributed by atoms with E-state index >= 15 is 0 Å². The number of rotatable bonds is 5. The van der Waals surface area contributed by atoms with Crippen LogP contribution in [0.25, 0.3) is 10.9 Å². The van der Waals surface area contributed by atoms with E-state index in [0.717, 1.165) is 30.3 Å². The minimum atomic E-state index is -0.614. The lowest BCUT2D eigenvalue weighted by atomic mass is 10.1. The third-order valence-electron chi connectivity index (χ3n) is 4.26. The van der Waals surface area contributed by atoms with E-state index in [-0.39, 0.29) is 6.54 Å². The number of fused-ring (bicyclic) bond motifs is 1. The van der Waals surface area contributed by atoms with Crippen molar-refractivity contribution >= 4 is 45.8 Å². The molecule has 3 aromatic rings. The maximum absolute atomic E-state index is 13.1. The molecule has 152 valence electrons. The lowest BCUT2D eigenvalue weighted by molar-refractivity contribution is -0.500. The Balaban J connectivity index is 1.92. The first-order valence-electron chi connectivity index (χ1n) is 9.32. The lowest BCUT2D eigenvalue weighted by Crippen LogP contribution is -2.36. The van der Waals surface area contributed by atoms with Crippen LogP contribution in [-0.4, -0.2) is 34.2 Å². The Hall–Kier alpha value is -2.55. The van der Waals surface area contributed by atoms with Crippen molar-refractivity contribution in [1.82, 2.24) is 10.3 Å². The lowest BCUT2D eigenvalue weighted by Gasteiger charge is -2.21. The fourth-order valence-electron chi connectivity index (χ4n) is 3.00. The Morgan fingerprint density at radius 3 is 2.69 bits per heavy atom. The maximum atomic E-state index is 13.1. The number of H-pyrrole nitrogens is 1. The van der Waals surface area contributed by atoms with Crippen molar-refractivity contribution < 1.29 is 14.3 Å². The number of carbonyl (C=O) groups is 1. The molecular formula is C22H24IN3O3. The van der Waals surface area contributed by atoms with Crippen LogP contribution in [0.2, 0.25) is 0 Å². The highest BCUT2D eigenvalue weighted by atomic mass is 127. The summed E-state index contributed by atoms with van der Waals surface area (Å²) in [5.74, 6) is 0. The number of hydrogen-bond acceptors (Lipinski definition) is 3. The first-order chi connectivity index (χ1) is 13.7. The minimum Gasteiger partial charge on any atom is -0.623 e. The van der Waals surface area contributed by atoms with Gasteiger partial charge in [0.05, 0.1) is 6.54 Å². The predicted molar refractivity (Wildman–Crippen MR) is 123 cm³/mol. The number of aromatic amines is 1. The monoisotopic (exact) mass is 505 g/mol. The molecule has 1 heterocycles. The number of carbonyl (C=O) groups excluding carboxylic acids is 1. The third kappa shape index (κ3) is 5.72. The summed E-state index contributed by atoms with van der Waals surface area (Å²) >= 11 is 2.25. The van der Waals surface area contributed by atoms with E-state index in [1.165, 1.54) is 6.21 Å². The summed E-state index contributed by atoms with van der Waals surface area (Å²) in [6, 6.07) is 14.8. The predicted octanol–water partition coefficient (Wildman–Crippen LogP) is 4.97. The Kier molecular flexibility index (Phi) is 6.46. The maximum Gasteiger partial charge on any atom is 0.407 e. The zero-order chi connectivity index (χ0) is 21.0. The molecule has 1 amide bonds. The molecule has 3 rings (SSSR count). The number of halogens is 1. The second-order valence-corrected chi connectivity index (χ2v) is 8.98. The molecule has 1 aromatic heterocycles. The molecule has 0 radical (unpaired) electrons. The van der Waals surface area contributed by atoms with Gasteiger partial charge in [-0.3, -0.25) is 0 Å². The molecule has 29 heavy (non-hydrogen) atoms. The van der Waals surface area contributed by atoms with E-state index < -0.39 is 17.7 Å². The molecule has 0 fully saturated rings. The molecule has 0 saturated carbocycles. The average molecular weight is 505 g/mol. The topological polar surface area (TPSA) is 80.2 Å². The van der Waals surface area contributed by atoms with Crippen LogP contribution in [-0.2, 0) is 4.74 Å². The van der Waals surface area contributed by atoms with Gasteiger partial charge < -0.3 is 20.2 Å². The first kappa shape index (κ1) is 21.2. The van der Waals surface area contributed by atoms with Gasteiger partial charge in [0.2, 0.25) is 6.04 Å². The number of ether oxygens (including phenoxy) is 1. The van der Waals surface area contributed by atoms with E-state index in [1.54, 1.807) is 20.8 Å². The number of hydrogen-bond donors (Lipinski definition) is 2. The van der Waals surface area contributed by atoms with Crippen LogP contribution < -0.4 is 5.32 Å². The summed E-state index contributed by atoms with van der Waals surface area (Å²) in [6.07, 6.45) is 2.81. The molecule has 1 atom stereocenters. The van der Waals surface area contributed by atoms with Crippen molar-refractivity contribution in [3.05, 3.63) is 74.6 Å². The Bertz CT molecular complexity index is 1020. The first-order valence-corrected chi connectivity index (χ1v) is 10.4. The SMILES string of the molecule is CC(C)(C)OC(=O)NCC(c1c[nH]c2cc(I)ccc12)/[N+]([O-])=C\c1ccccc1. The summed E-state index contributed by atoms with van der Waals surface area (Å²) in [5, 5.41) is 16.8. The fraction of sp³-hybridized carbons (Fsp3) is 0.273. The van der Waals surface area contributed by atoms with Gasteiger partial charge in [-0.25, -0.2) is 9.53 Å². The number of nitrogens with zero attached hydrogens (tertiary/aromatic N) is 1. The highest BCUT2D eigenvalue weighted by Gasteiger charge is 2.25. The molecule has 1 unspecified atom stereocenters. The molecule has 0 spiro atoms. The standard InChI is InChI=1S/C22H24IN3O3/c1-22(2,3)29-21(27)25-13-20(26(28)14-15-7-5-4-6-8-15)18-12-24-19-11-16(23)9-10-17(18)19/h4-12,14,20,24H,13H2,1-3H3,(H,25,27)/b26-14+. The second-order valence-electron chi connectivity index (χ2n) is 7.73. The van der Waals surface area contributed by atoms with Crippen LogP contribution in [0.3, 0.4) is 0 Å². The van der Waals surface area contributed by atoms with Gasteiger partial charge in [-0.05, 0) is 67.6 Å². The van der Waals surface area contributed by atoms with Crippen molar-refractivity contribution in [3.63, 3.8) is 0 Å². The third-order valence-corrected chi connectivity index (χ3v) is 4.93. The van der Waals surface area contributed by atoms with E-state index in [9.17, 15) is 10.0 Å². The van der Waals surface area contributed by atoms with Crippen molar-refractivity contribution in [3.8, 4) is 0 Å². The number of hydroxylamine groups is 1. The second kappa shape index (κ2) is 8.86. The molecule has 0 saturated heterocycles. The van der Waals surface area contributed by atoms with E-state index in [4.69, 9.17) is 4.74 Å². The zero-order valence-corrected chi connectivity index (χ0v) is 18.8. The summed E-state index contributed by atoms with van der Waals surface area (Å²) in [4.78, 5) is 15.4. The van der Waals surface area contributed by atoms with Crippen LogP contribution in [0.1, 0.15) is 37.9 Å². The zero-order valence-electron chi connectivity index (χ0n) is 16.6. The van der Waals surface area contributed by atoms with Crippen LogP contribution in [0.15, 0.2) is 54.7 Å². The van der Waals surface area contributed by atoms with Crippen molar-refractivity contribution in [1.29, 1.82) is 0 Å². The molecule has 2 aromatic carbocycles. The molecule has 0 aliphatic rings.